The fourth-order valence-corrected chi connectivity index (χ4v) is 2.28. The van der Waals surface area contributed by atoms with Gasteiger partial charge < -0.3 is 9.84 Å². The van der Waals surface area contributed by atoms with Gasteiger partial charge in [0.2, 0.25) is 5.92 Å². The van der Waals surface area contributed by atoms with E-state index in [0.717, 1.165) is 6.42 Å². The van der Waals surface area contributed by atoms with E-state index >= 15 is 0 Å². The van der Waals surface area contributed by atoms with E-state index < -0.39 is 12.0 Å². The number of methoxy groups -OCH3 is 1. The van der Waals surface area contributed by atoms with Crippen LogP contribution in [0.25, 0.3) is 0 Å². The number of rotatable bonds is 5. The molecule has 1 N–H and O–H groups in total. The summed E-state index contributed by atoms with van der Waals surface area (Å²) in [7, 11) is 1.65. The van der Waals surface area contributed by atoms with Crippen molar-refractivity contribution < 1.29 is 18.6 Å². The van der Waals surface area contributed by atoms with Gasteiger partial charge in [-0.15, -0.1) is 0 Å². The maximum atomic E-state index is 13.0. The molecule has 0 aromatic rings. The molecule has 17 heavy (non-hydrogen) atoms. The van der Waals surface area contributed by atoms with Crippen molar-refractivity contribution in [3.8, 4) is 0 Å². The number of alkyl halides is 2. The average Bonchev–Trinajstić information content (AvgIpc) is 2.26. The van der Waals surface area contributed by atoms with Gasteiger partial charge in [-0.05, 0) is 45.4 Å². The SMILES string of the molecule is COC(C)(C)CCC(O)C1CCC(F)(F)CC1. The molecular weight excluding hydrogens is 226 g/mol. The van der Waals surface area contributed by atoms with E-state index in [1.54, 1.807) is 7.11 Å². The number of aliphatic hydroxyl groups is 1. The number of hydrogen-bond donors (Lipinski definition) is 1. The summed E-state index contributed by atoms with van der Waals surface area (Å²) in [6.07, 6.45) is 1.60. The Labute approximate surface area is 102 Å². The van der Waals surface area contributed by atoms with Gasteiger partial charge in [0, 0.05) is 20.0 Å². The zero-order valence-corrected chi connectivity index (χ0v) is 11.0. The first-order chi connectivity index (χ1) is 7.76. The van der Waals surface area contributed by atoms with Crippen molar-refractivity contribution in [3.05, 3.63) is 0 Å². The molecule has 0 aromatic heterocycles. The van der Waals surface area contributed by atoms with Crippen molar-refractivity contribution >= 4 is 0 Å². The van der Waals surface area contributed by atoms with Crippen molar-refractivity contribution in [2.45, 2.75) is 70.0 Å². The lowest BCUT2D eigenvalue weighted by Gasteiger charge is -2.32. The highest BCUT2D eigenvalue weighted by Gasteiger charge is 2.37. The standard InChI is InChI=1S/C13H24F2O2/c1-12(2,17-3)7-6-11(16)10-4-8-13(14,15)9-5-10/h10-11,16H,4-9H2,1-3H3. The van der Waals surface area contributed by atoms with E-state index in [9.17, 15) is 13.9 Å². The Balaban J connectivity index is 2.32. The predicted octanol–water partition coefficient (Wildman–Crippen LogP) is 3.38. The fourth-order valence-electron chi connectivity index (χ4n) is 2.28. The Morgan fingerprint density at radius 1 is 1.35 bits per heavy atom. The largest absolute Gasteiger partial charge is 0.393 e. The molecule has 4 heteroatoms. The van der Waals surface area contributed by atoms with Crippen molar-refractivity contribution in [1.29, 1.82) is 0 Å². The normalized spacial score (nSPS) is 23.6. The molecule has 102 valence electrons. The van der Waals surface area contributed by atoms with Gasteiger partial charge in [-0.2, -0.15) is 0 Å². The second kappa shape index (κ2) is 5.61. The van der Waals surface area contributed by atoms with E-state index in [1.807, 2.05) is 13.8 Å². The predicted molar refractivity (Wildman–Crippen MR) is 63.2 cm³/mol. The summed E-state index contributed by atoms with van der Waals surface area (Å²) in [6, 6.07) is 0. The summed E-state index contributed by atoms with van der Waals surface area (Å²) in [6.45, 7) is 3.93. The second-order valence-electron chi connectivity index (χ2n) is 5.76. The Morgan fingerprint density at radius 2 is 1.88 bits per heavy atom. The third kappa shape index (κ3) is 4.88. The molecule has 1 unspecified atom stereocenters. The van der Waals surface area contributed by atoms with Crippen LogP contribution in [-0.2, 0) is 4.74 Å². The maximum Gasteiger partial charge on any atom is 0.248 e. The van der Waals surface area contributed by atoms with E-state index in [4.69, 9.17) is 4.74 Å². The molecule has 0 aliphatic heterocycles. The first kappa shape index (κ1) is 14.8. The molecule has 0 aromatic carbocycles. The molecular formula is C13H24F2O2. The molecule has 1 aliphatic rings. The summed E-state index contributed by atoms with van der Waals surface area (Å²) in [5, 5.41) is 10.0. The molecule has 0 spiro atoms. The summed E-state index contributed by atoms with van der Waals surface area (Å²) in [5.41, 5.74) is -0.250. The van der Waals surface area contributed by atoms with Gasteiger partial charge in [0.25, 0.3) is 0 Å². The zero-order valence-electron chi connectivity index (χ0n) is 11.0. The summed E-state index contributed by atoms with van der Waals surface area (Å²) >= 11 is 0. The Bertz CT molecular complexity index is 232. The molecule has 1 atom stereocenters. The van der Waals surface area contributed by atoms with Gasteiger partial charge in [0.15, 0.2) is 0 Å². The Morgan fingerprint density at radius 3 is 2.35 bits per heavy atom. The van der Waals surface area contributed by atoms with Crippen molar-refractivity contribution in [2.24, 2.45) is 5.92 Å². The van der Waals surface area contributed by atoms with E-state index in [2.05, 4.69) is 0 Å². The molecule has 0 bridgehead atoms. The first-order valence-electron chi connectivity index (χ1n) is 6.37. The maximum absolute atomic E-state index is 13.0. The van der Waals surface area contributed by atoms with Gasteiger partial charge in [0.05, 0.1) is 11.7 Å². The lowest BCUT2D eigenvalue weighted by molar-refractivity contribution is -0.0671. The van der Waals surface area contributed by atoms with Gasteiger partial charge in [-0.3, -0.25) is 0 Å². The number of ether oxygens (including phenoxy) is 1. The lowest BCUT2D eigenvalue weighted by atomic mass is 9.81. The van der Waals surface area contributed by atoms with Crippen LogP contribution in [0.5, 0.6) is 0 Å². The van der Waals surface area contributed by atoms with Crippen LogP contribution in [0.4, 0.5) is 8.78 Å². The monoisotopic (exact) mass is 250 g/mol. The third-order valence-electron chi connectivity index (χ3n) is 3.90. The second-order valence-corrected chi connectivity index (χ2v) is 5.76. The van der Waals surface area contributed by atoms with Crippen molar-refractivity contribution in [2.75, 3.05) is 7.11 Å². The fraction of sp³-hybridized carbons (Fsp3) is 1.00. The van der Waals surface area contributed by atoms with Crippen LogP contribution in [0.15, 0.2) is 0 Å². The molecule has 1 aliphatic carbocycles. The van der Waals surface area contributed by atoms with Gasteiger partial charge >= 0.3 is 0 Å². The minimum Gasteiger partial charge on any atom is -0.393 e. The van der Waals surface area contributed by atoms with E-state index in [1.165, 1.54) is 0 Å². The van der Waals surface area contributed by atoms with E-state index in [0.29, 0.717) is 19.3 Å². The van der Waals surface area contributed by atoms with Crippen LogP contribution >= 0.6 is 0 Å². The van der Waals surface area contributed by atoms with Crippen molar-refractivity contribution in [1.82, 2.24) is 0 Å². The highest BCUT2D eigenvalue weighted by atomic mass is 19.3. The molecule has 0 saturated heterocycles. The van der Waals surface area contributed by atoms with Gasteiger partial charge in [-0.25, -0.2) is 8.78 Å². The number of hydrogen-bond acceptors (Lipinski definition) is 2. The van der Waals surface area contributed by atoms with Crippen LogP contribution in [-0.4, -0.2) is 29.8 Å². The summed E-state index contributed by atoms with van der Waals surface area (Å²) < 4.78 is 31.2. The molecule has 0 amide bonds. The third-order valence-corrected chi connectivity index (χ3v) is 3.90. The molecule has 0 radical (unpaired) electrons. The van der Waals surface area contributed by atoms with E-state index in [-0.39, 0.29) is 24.4 Å². The van der Waals surface area contributed by atoms with Crippen molar-refractivity contribution in [3.63, 3.8) is 0 Å². The van der Waals surface area contributed by atoms with Crippen LogP contribution in [0, 0.1) is 5.92 Å². The van der Waals surface area contributed by atoms with Crippen LogP contribution in [0.1, 0.15) is 52.4 Å². The summed E-state index contributed by atoms with van der Waals surface area (Å²) in [4.78, 5) is 0. The molecule has 0 heterocycles. The average molecular weight is 250 g/mol. The number of halogens is 2. The highest BCUT2D eigenvalue weighted by Crippen LogP contribution is 2.38. The minimum atomic E-state index is -2.51. The highest BCUT2D eigenvalue weighted by molar-refractivity contribution is 4.82. The number of aliphatic hydroxyl groups excluding tert-OH is 1. The van der Waals surface area contributed by atoms with Crippen LogP contribution < -0.4 is 0 Å². The smallest absolute Gasteiger partial charge is 0.248 e. The summed E-state index contributed by atoms with van der Waals surface area (Å²) in [5.74, 6) is -2.48. The quantitative estimate of drug-likeness (QED) is 0.810. The molecule has 1 rings (SSSR count). The molecule has 1 saturated carbocycles. The minimum absolute atomic E-state index is 0.0299. The van der Waals surface area contributed by atoms with Gasteiger partial charge in [0.1, 0.15) is 0 Å². The zero-order chi connectivity index (χ0) is 13.1. The Kier molecular flexibility index (Phi) is 4.90. The lowest BCUT2D eigenvalue weighted by Crippen LogP contribution is -2.33. The van der Waals surface area contributed by atoms with Crippen LogP contribution in [0.2, 0.25) is 0 Å². The Hall–Kier alpha value is -0.220. The molecule has 1 fully saturated rings. The van der Waals surface area contributed by atoms with Crippen LogP contribution in [0.3, 0.4) is 0 Å². The molecule has 2 nitrogen and oxygen atoms in total. The van der Waals surface area contributed by atoms with Gasteiger partial charge in [-0.1, -0.05) is 0 Å². The first-order valence-corrected chi connectivity index (χ1v) is 6.37. The topological polar surface area (TPSA) is 29.5 Å².